The van der Waals surface area contributed by atoms with E-state index in [2.05, 4.69) is 20.4 Å². The van der Waals surface area contributed by atoms with Gasteiger partial charge in [0.2, 0.25) is 5.79 Å². The highest BCUT2D eigenvalue weighted by molar-refractivity contribution is 6.05. The first kappa shape index (κ1) is 15.3. The molecule has 4 aliphatic heterocycles. The Kier molecular flexibility index (Phi) is 2.40. The first-order chi connectivity index (χ1) is 11.7. The highest BCUT2D eigenvalue weighted by atomic mass is 16.8. The molecule has 9 atom stereocenters. The van der Waals surface area contributed by atoms with Gasteiger partial charge in [-0.2, -0.15) is 0 Å². The summed E-state index contributed by atoms with van der Waals surface area (Å²) in [5.41, 5.74) is -1.10. The zero-order chi connectivity index (χ0) is 17.6. The van der Waals surface area contributed by atoms with Crippen molar-refractivity contribution < 1.29 is 24.5 Å². The van der Waals surface area contributed by atoms with E-state index in [-0.39, 0.29) is 40.5 Å². The van der Waals surface area contributed by atoms with E-state index in [1.54, 1.807) is 0 Å². The average Bonchev–Trinajstić information content (AvgIpc) is 2.68. The van der Waals surface area contributed by atoms with Gasteiger partial charge in [0.1, 0.15) is 11.5 Å². The molecule has 5 heteroatoms. The number of hydrogen-bond acceptors (Lipinski definition) is 5. The summed E-state index contributed by atoms with van der Waals surface area (Å²) in [6.45, 7) is 8.39. The van der Waals surface area contributed by atoms with Crippen LogP contribution >= 0.6 is 0 Å². The van der Waals surface area contributed by atoms with Gasteiger partial charge in [-0.05, 0) is 42.6 Å². The lowest BCUT2D eigenvalue weighted by atomic mass is 9.34. The van der Waals surface area contributed by atoms with Crippen LogP contribution in [0, 0.1) is 34.0 Å². The average molecular weight is 346 g/mol. The second-order valence-corrected chi connectivity index (χ2v) is 10.0. The number of rotatable bonds is 0. The number of hydrogen-bond donors (Lipinski definition) is 2. The molecule has 2 N–H and O–H groups in total. The van der Waals surface area contributed by atoms with Crippen molar-refractivity contribution in [1.82, 2.24) is 0 Å². The van der Waals surface area contributed by atoms with Gasteiger partial charge in [-0.1, -0.05) is 26.8 Å². The summed E-state index contributed by atoms with van der Waals surface area (Å²) in [5.74, 6) is -2.11. The standard InChI is InChI=1S/C20H26O5/c1-9-10-5-6-11-18-8-4-7-17(2,3)12(18)14(22)20(23)19(11,13(9)21)15(10)24-16(18)25-20/h10-12,14-16,22-23H,1,4-8H2,2-3H3/t10-,11-,12+,14-,15?,16?,18+,19-,20+/m0/s1. The van der Waals surface area contributed by atoms with Crippen molar-refractivity contribution in [1.29, 1.82) is 0 Å². The van der Waals surface area contributed by atoms with Crippen LogP contribution in [-0.4, -0.2) is 40.3 Å². The first-order valence-corrected chi connectivity index (χ1v) is 9.70. The zero-order valence-corrected chi connectivity index (χ0v) is 14.8. The Hall–Kier alpha value is -0.750. The first-order valence-electron chi connectivity index (χ1n) is 9.70. The maximum Gasteiger partial charge on any atom is 0.211 e. The number of aliphatic hydroxyl groups excluding tert-OH is 1. The van der Waals surface area contributed by atoms with E-state index in [4.69, 9.17) is 9.47 Å². The summed E-state index contributed by atoms with van der Waals surface area (Å²) in [4.78, 5) is 13.4. The minimum absolute atomic E-state index is 0.0125. The molecule has 8 aliphatic rings. The van der Waals surface area contributed by atoms with Crippen LogP contribution in [0.25, 0.3) is 0 Å². The van der Waals surface area contributed by atoms with Crippen LogP contribution in [0.1, 0.15) is 46.0 Å². The lowest BCUT2D eigenvalue weighted by molar-refractivity contribution is -0.549. The molecular weight excluding hydrogens is 320 g/mol. The second-order valence-electron chi connectivity index (χ2n) is 10.0. The summed E-state index contributed by atoms with van der Waals surface area (Å²) in [5, 5.41) is 23.1. The fraction of sp³-hybridized carbons (Fsp3) is 0.850. The van der Waals surface area contributed by atoms with Crippen molar-refractivity contribution in [3.63, 3.8) is 0 Å². The van der Waals surface area contributed by atoms with Crippen LogP contribution < -0.4 is 0 Å². The summed E-state index contributed by atoms with van der Waals surface area (Å²) >= 11 is 0. The van der Waals surface area contributed by atoms with Gasteiger partial charge in [-0.25, -0.2) is 0 Å². The summed E-state index contributed by atoms with van der Waals surface area (Å²) < 4.78 is 12.4. The van der Waals surface area contributed by atoms with Crippen molar-refractivity contribution >= 4 is 5.78 Å². The zero-order valence-electron chi connectivity index (χ0n) is 14.8. The quantitative estimate of drug-likeness (QED) is 0.654. The molecule has 4 heterocycles. The van der Waals surface area contributed by atoms with Crippen LogP contribution in [0.2, 0.25) is 0 Å². The van der Waals surface area contributed by atoms with E-state index in [1.165, 1.54) is 0 Å². The number of carbonyl (C=O) groups is 1. The maximum atomic E-state index is 13.4. The molecule has 0 aromatic carbocycles. The van der Waals surface area contributed by atoms with Gasteiger partial charge >= 0.3 is 0 Å². The van der Waals surface area contributed by atoms with Gasteiger partial charge in [0.25, 0.3) is 0 Å². The van der Waals surface area contributed by atoms with Gasteiger partial charge in [0.05, 0.1) is 6.10 Å². The predicted octanol–water partition coefficient (Wildman–Crippen LogP) is 1.77. The molecule has 136 valence electrons. The Morgan fingerprint density at radius 1 is 1.24 bits per heavy atom. The van der Waals surface area contributed by atoms with Gasteiger partial charge in [0, 0.05) is 17.3 Å². The second kappa shape index (κ2) is 3.91. The molecule has 4 saturated heterocycles. The van der Waals surface area contributed by atoms with Crippen molar-refractivity contribution in [2.45, 2.75) is 70.2 Å². The smallest absolute Gasteiger partial charge is 0.211 e. The van der Waals surface area contributed by atoms with E-state index < -0.39 is 23.6 Å². The number of Topliss-reactive ketones (excluding diaryl/α,β-unsaturated/α-hetero) is 1. The number of aliphatic hydroxyl groups is 2. The van der Waals surface area contributed by atoms with Gasteiger partial charge < -0.3 is 19.7 Å². The van der Waals surface area contributed by atoms with E-state index in [0.717, 1.165) is 32.1 Å². The Bertz CT molecular complexity index is 730. The van der Waals surface area contributed by atoms with Crippen LogP contribution in [0.4, 0.5) is 0 Å². The Morgan fingerprint density at radius 3 is 2.76 bits per heavy atom. The third-order valence-corrected chi connectivity index (χ3v) is 9.05. The van der Waals surface area contributed by atoms with Crippen molar-refractivity contribution in [2.75, 3.05) is 0 Å². The summed E-state index contributed by atoms with van der Waals surface area (Å²) in [6, 6.07) is 0. The SMILES string of the molecule is C=C1C(=O)[C@@]23C4OC5O[C@]2(O)[C@@H](O)[C@@H]2C(C)(C)CCC[C@]52[C@@H]3CC[C@@H]14. The van der Waals surface area contributed by atoms with Crippen LogP contribution in [0.5, 0.6) is 0 Å². The highest BCUT2D eigenvalue weighted by Gasteiger charge is 2.91. The van der Waals surface area contributed by atoms with Gasteiger partial charge in [0.15, 0.2) is 12.1 Å². The van der Waals surface area contributed by atoms with Gasteiger partial charge in [-0.15, -0.1) is 0 Å². The molecule has 0 radical (unpaired) electrons. The highest BCUT2D eigenvalue weighted by Crippen LogP contribution is 2.81. The lowest BCUT2D eigenvalue weighted by Crippen LogP contribution is -2.89. The normalized spacial score (nSPS) is 63.0. The molecule has 8 fully saturated rings. The fourth-order valence-corrected chi connectivity index (χ4v) is 8.46. The molecule has 7 bridgehead atoms. The molecule has 25 heavy (non-hydrogen) atoms. The monoisotopic (exact) mass is 346 g/mol. The van der Waals surface area contributed by atoms with E-state index in [1.807, 2.05) is 0 Å². The largest absolute Gasteiger partial charge is 0.387 e. The predicted molar refractivity (Wildman–Crippen MR) is 87.1 cm³/mol. The fourth-order valence-electron chi connectivity index (χ4n) is 8.46. The minimum Gasteiger partial charge on any atom is -0.387 e. The van der Waals surface area contributed by atoms with Crippen molar-refractivity contribution in [2.24, 2.45) is 34.0 Å². The molecule has 0 amide bonds. The Morgan fingerprint density at radius 2 is 2.00 bits per heavy atom. The molecule has 0 aromatic heterocycles. The van der Waals surface area contributed by atoms with Crippen LogP contribution in [0.3, 0.4) is 0 Å². The molecule has 2 spiro atoms. The van der Waals surface area contributed by atoms with Crippen molar-refractivity contribution in [3.8, 4) is 0 Å². The van der Waals surface area contributed by atoms with Crippen LogP contribution in [0.15, 0.2) is 12.2 Å². The molecule has 4 saturated carbocycles. The molecule has 0 aromatic rings. The lowest BCUT2D eigenvalue weighted by Gasteiger charge is -2.79. The topological polar surface area (TPSA) is 76.0 Å². The molecule has 2 unspecified atom stereocenters. The van der Waals surface area contributed by atoms with E-state index in [9.17, 15) is 15.0 Å². The molecular formula is C20H26O5. The Balaban J connectivity index is 1.68. The summed E-state index contributed by atoms with van der Waals surface area (Å²) in [7, 11) is 0. The number of carbonyl (C=O) groups excluding carboxylic acids is 1. The Labute approximate surface area is 147 Å². The molecule has 4 aliphatic carbocycles. The van der Waals surface area contributed by atoms with Crippen LogP contribution in [-0.2, 0) is 14.3 Å². The number of ketones is 1. The number of ether oxygens (including phenoxy) is 2. The van der Waals surface area contributed by atoms with E-state index in [0.29, 0.717) is 5.57 Å². The van der Waals surface area contributed by atoms with Crippen molar-refractivity contribution in [3.05, 3.63) is 12.2 Å². The minimum atomic E-state index is -1.85. The third-order valence-electron chi connectivity index (χ3n) is 9.05. The molecule has 8 rings (SSSR count). The van der Waals surface area contributed by atoms with Gasteiger partial charge in [-0.3, -0.25) is 4.79 Å². The molecule has 5 nitrogen and oxygen atoms in total. The van der Waals surface area contributed by atoms with E-state index >= 15 is 0 Å². The maximum absolute atomic E-state index is 13.4. The third kappa shape index (κ3) is 1.18. The summed E-state index contributed by atoms with van der Waals surface area (Å²) in [6.07, 6.45) is 2.73.